The number of methoxy groups -OCH3 is 1. The Morgan fingerprint density at radius 3 is 2.62 bits per heavy atom. The molecule has 21 heavy (non-hydrogen) atoms. The van der Waals surface area contributed by atoms with Gasteiger partial charge in [-0.2, -0.15) is 0 Å². The molecule has 1 aromatic carbocycles. The van der Waals surface area contributed by atoms with E-state index in [0.29, 0.717) is 12.0 Å². The van der Waals surface area contributed by atoms with Gasteiger partial charge in [-0.15, -0.1) is 0 Å². The summed E-state index contributed by atoms with van der Waals surface area (Å²) in [6, 6.07) is 8.58. The third-order valence-corrected chi connectivity index (χ3v) is 3.95. The van der Waals surface area contributed by atoms with E-state index in [0.717, 1.165) is 0 Å². The fourth-order valence-corrected chi connectivity index (χ4v) is 2.51. The summed E-state index contributed by atoms with van der Waals surface area (Å²) in [5.41, 5.74) is -1.16. The number of carbonyl (C=O) groups excluding carboxylic acids is 2. The lowest BCUT2D eigenvalue weighted by atomic mass is 9.83. The first-order valence-corrected chi connectivity index (χ1v) is 6.99. The number of Topliss-reactive ketones (excluding diaryl/α,β-unsaturated/α-hetero) is 2. The molecule has 2 rings (SSSR count). The molecular formula is C16H20O5. The van der Waals surface area contributed by atoms with Crippen LogP contribution in [0.2, 0.25) is 0 Å². The largest absolute Gasteiger partial charge is 0.379 e. The molecular weight excluding hydrogens is 272 g/mol. The van der Waals surface area contributed by atoms with Crippen molar-refractivity contribution in [3.63, 3.8) is 0 Å². The minimum atomic E-state index is -1.63. The Hall–Kier alpha value is -1.56. The second kappa shape index (κ2) is 6.47. The second-order valence-electron chi connectivity index (χ2n) is 5.30. The monoisotopic (exact) mass is 292 g/mol. The number of ether oxygens (including phenoxy) is 2. The summed E-state index contributed by atoms with van der Waals surface area (Å²) in [7, 11) is 1.52. The topological polar surface area (TPSA) is 72.8 Å². The standard InChI is InChI=1S/C16H20O5/c1-11-16(19,9-8-15(20-2)21-11)14(18)10-13(17)12-6-4-3-5-7-12/h3-7,11,15,19H,8-10H2,1-2H3/t11-,15+,16-/m1/s1. The predicted octanol–water partition coefficient (Wildman–Crippen LogP) is 1.73. The van der Waals surface area contributed by atoms with Crippen LogP contribution in [0.3, 0.4) is 0 Å². The maximum atomic E-state index is 12.3. The highest BCUT2D eigenvalue weighted by molar-refractivity contribution is 6.10. The molecule has 1 aliphatic rings. The summed E-state index contributed by atoms with van der Waals surface area (Å²) in [5, 5.41) is 10.5. The van der Waals surface area contributed by atoms with Crippen LogP contribution in [-0.2, 0) is 14.3 Å². The van der Waals surface area contributed by atoms with Crippen molar-refractivity contribution in [1.82, 2.24) is 0 Å². The molecule has 1 N–H and O–H groups in total. The van der Waals surface area contributed by atoms with Gasteiger partial charge in [0, 0.05) is 19.1 Å². The van der Waals surface area contributed by atoms with Crippen molar-refractivity contribution in [2.24, 2.45) is 0 Å². The van der Waals surface area contributed by atoms with E-state index in [4.69, 9.17) is 9.47 Å². The number of aliphatic hydroxyl groups is 1. The molecule has 5 heteroatoms. The molecule has 0 aromatic heterocycles. The van der Waals surface area contributed by atoms with Crippen LogP contribution in [-0.4, -0.2) is 41.8 Å². The summed E-state index contributed by atoms with van der Waals surface area (Å²) in [5.74, 6) is -0.798. The van der Waals surface area contributed by atoms with Gasteiger partial charge in [-0.1, -0.05) is 30.3 Å². The molecule has 1 heterocycles. The van der Waals surface area contributed by atoms with Gasteiger partial charge in [0.1, 0.15) is 5.60 Å². The lowest BCUT2D eigenvalue weighted by Gasteiger charge is -2.39. The molecule has 0 spiro atoms. The smallest absolute Gasteiger partial charge is 0.174 e. The number of hydrogen-bond acceptors (Lipinski definition) is 5. The maximum absolute atomic E-state index is 12.3. The van der Waals surface area contributed by atoms with E-state index in [9.17, 15) is 14.7 Å². The number of hydrogen-bond donors (Lipinski definition) is 1. The molecule has 0 amide bonds. The zero-order valence-corrected chi connectivity index (χ0v) is 12.2. The van der Waals surface area contributed by atoms with E-state index >= 15 is 0 Å². The highest BCUT2D eigenvalue weighted by Crippen LogP contribution is 2.31. The van der Waals surface area contributed by atoms with Crippen molar-refractivity contribution in [2.75, 3.05) is 7.11 Å². The fraction of sp³-hybridized carbons (Fsp3) is 0.500. The first kappa shape index (κ1) is 15.8. The second-order valence-corrected chi connectivity index (χ2v) is 5.30. The number of ketones is 2. The minimum Gasteiger partial charge on any atom is -0.379 e. The first-order chi connectivity index (χ1) is 9.97. The van der Waals surface area contributed by atoms with E-state index in [-0.39, 0.29) is 18.6 Å². The highest BCUT2D eigenvalue weighted by atomic mass is 16.7. The van der Waals surface area contributed by atoms with Crippen LogP contribution >= 0.6 is 0 Å². The minimum absolute atomic E-state index is 0.230. The highest BCUT2D eigenvalue weighted by Gasteiger charge is 2.46. The van der Waals surface area contributed by atoms with E-state index in [2.05, 4.69) is 0 Å². The SMILES string of the molecule is CO[C@@H]1CC[C@](O)(C(=O)CC(=O)c2ccccc2)[C@@H](C)O1. The molecule has 0 saturated carbocycles. The summed E-state index contributed by atoms with van der Waals surface area (Å²) in [6.45, 7) is 1.62. The Bertz CT molecular complexity index is 513. The van der Waals surface area contributed by atoms with Gasteiger partial charge < -0.3 is 14.6 Å². The third-order valence-electron chi connectivity index (χ3n) is 3.95. The first-order valence-electron chi connectivity index (χ1n) is 6.99. The Balaban J connectivity index is 2.04. The maximum Gasteiger partial charge on any atom is 0.174 e. The van der Waals surface area contributed by atoms with Crippen LogP contribution in [0.5, 0.6) is 0 Å². The molecule has 0 radical (unpaired) electrons. The Morgan fingerprint density at radius 2 is 2.05 bits per heavy atom. The van der Waals surface area contributed by atoms with E-state index < -0.39 is 23.8 Å². The molecule has 1 fully saturated rings. The molecule has 0 bridgehead atoms. The molecule has 3 atom stereocenters. The van der Waals surface area contributed by atoms with Crippen molar-refractivity contribution >= 4 is 11.6 Å². The van der Waals surface area contributed by atoms with Crippen LogP contribution in [0.4, 0.5) is 0 Å². The summed E-state index contributed by atoms with van der Waals surface area (Å²) in [4.78, 5) is 24.4. The van der Waals surface area contributed by atoms with Gasteiger partial charge >= 0.3 is 0 Å². The van der Waals surface area contributed by atoms with Crippen molar-refractivity contribution in [3.8, 4) is 0 Å². The number of carbonyl (C=O) groups is 2. The molecule has 114 valence electrons. The van der Waals surface area contributed by atoms with Gasteiger partial charge in [0.05, 0.1) is 12.5 Å². The summed E-state index contributed by atoms with van der Waals surface area (Å²) in [6.07, 6.45) is -0.799. The quantitative estimate of drug-likeness (QED) is 0.661. The van der Waals surface area contributed by atoms with Gasteiger partial charge in [0.15, 0.2) is 17.9 Å². The Kier molecular flexibility index (Phi) is 4.88. The summed E-state index contributed by atoms with van der Waals surface area (Å²) >= 11 is 0. The molecule has 1 aliphatic heterocycles. The Labute approximate surface area is 123 Å². The number of rotatable bonds is 5. The zero-order chi connectivity index (χ0) is 15.5. The van der Waals surface area contributed by atoms with Gasteiger partial charge in [0.25, 0.3) is 0 Å². The fourth-order valence-electron chi connectivity index (χ4n) is 2.51. The van der Waals surface area contributed by atoms with Crippen LogP contribution in [0.1, 0.15) is 36.5 Å². The third kappa shape index (κ3) is 3.37. The lowest BCUT2D eigenvalue weighted by Crippen LogP contribution is -2.54. The van der Waals surface area contributed by atoms with Crippen LogP contribution in [0.25, 0.3) is 0 Å². The van der Waals surface area contributed by atoms with Crippen LogP contribution < -0.4 is 0 Å². The van der Waals surface area contributed by atoms with Gasteiger partial charge in [-0.05, 0) is 13.3 Å². The van der Waals surface area contributed by atoms with Crippen LogP contribution in [0, 0.1) is 0 Å². The van der Waals surface area contributed by atoms with Crippen molar-refractivity contribution in [1.29, 1.82) is 0 Å². The predicted molar refractivity (Wildman–Crippen MR) is 75.9 cm³/mol. The van der Waals surface area contributed by atoms with Gasteiger partial charge in [0.2, 0.25) is 0 Å². The van der Waals surface area contributed by atoms with Gasteiger partial charge in [-0.25, -0.2) is 0 Å². The normalized spacial score (nSPS) is 29.1. The van der Waals surface area contributed by atoms with Crippen molar-refractivity contribution in [3.05, 3.63) is 35.9 Å². The van der Waals surface area contributed by atoms with E-state index in [1.807, 2.05) is 0 Å². The van der Waals surface area contributed by atoms with Crippen molar-refractivity contribution in [2.45, 2.75) is 44.2 Å². The number of benzene rings is 1. The molecule has 1 aromatic rings. The van der Waals surface area contributed by atoms with Crippen molar-refractivity contribution < 1.29 is 24.2 Å². The Morgan fingerprint density at radius 1 is 1.38 bits per heavy atom. The summed E-state index contributed by atoms with van der Waals surface area (Å²) < 4.78 is 10.5. The van der Waals surface area contributed by atoms with Gasteiger partial charge in [-0.3, -0.25) is 9.59 Å². The average molecular weight is 292 g/mol. The molecule has 5 nitrogen and oxygen atoms in total. The van der Waals surface area contributed by atoms with E-state index in [1.165, 1.54) is 7.11 Å². The van der Waals surface area contributed by atoms with Crippen LogP contribution in [0.15, 0.2) is 30.3 Å². The lowest BCUT2D eigenvalue weighted by molar-refractivity contribution is -0.234. The molecule has 1 saturated heterocycles. The average Bonchev–Trinajstić information content (AvgIpc) is 2.50. The molecule has 0 unspecified atom stereocenters. The van der Waals surface area contributed by atoms with E-state index in [1.54, 1.807) is 37.3 Å². The zero-order valence-electron chi connectivity index (χ0n) is 12.2. The molecule has 0 aliphatic carbocycles.